The molecule has 3 rings (SSSR count). The third-order valence-corrected chi connectivity index (χ3v) is 5.64. The van der Waals surface area contributed by atoms with Crippen LogP contribution in [0.1, 0.15) is 6.92 Å². The molecule has 0 spiro atoms. The Morgan fingerprint density at radius 2 is 1.72 bits per heavy atom. The van der Waals surface area contributed by atoms with E-state index in [1.165, 1.54) is 4.90 Å². The standard InChI is InChI=1S/C18H26N4O2S/c1-2-19-17(23)13-20-7-9-21(10-8-20)14-18(24)22-11-12-25-16-6-4-3-5-15(16)22/h3-6H,2,7-14H2,1H3,(H,19,23). The van der Waals surface area contributed by atoms with Crippen molar-refractivity contribution in [2.75, 3.05) is 63.0 Å². The second-order valence-electron chi connectivity index (χ2n) is 6.37. The van der Waals surface area contributed by atoms with Crippen LogP contribution in [0.4, 0.5) is 5.69 Å². The zero-order chi connectivity index (χ0) is 17.6. The molecule has 0 atom stereocenters. The number of para-hydroxylation sites is 1. The minimum atomic E-state index is 0.0782. The molecule has 1 fully saturated rings. The molecule has 0 saturated carbocycles. The van der Waals surface area contributed by atoms with Crippen molar-refractivity contribution in [2.45, 2.75) is 11.8 Å². The molecule has 0 unspecified atom stereocenters. The van der Waals surface area contributed by atoms with Crippen LogP contribution in [0.3, 0.4) is 0 Å². The van der Waals surface area contributed by atoms with Gasteiger partial charge in [-0.3, -0.25) is 19.4 Å². The van der Waals surface area contributed by atoms with Crippen molar-refractivity contribution in [1.82, 2.24) is 15.1 Å². The van der Waals surface area contributed by atoms with Crippen molar-refractivity contribution in [3.8, 4) is 0 Å². The number of fused-ring (bicyclic) bond motifs is 1. The third kappa shape index (κ3) is 4.74. The van der Waals surface area contributed by atoms with E-state index in [0.717, 1.165) is 44.2 Å². The Morgan fingerprint density at radius 3 is 2.44 bits per heavy atom. The summed E-state index contributed by atoms with van der Waals surface area (Å²) in [5.74, 6) is 1.20. The quantitative estimate of drug-likeness (QED) is 0.843. The van der Waals surface area contributed by atoms with E-state index >= 15 is 0 Å². The van der Waals surface area contributed by atoms with Crippen molar-refractivity contribution in [3.05, 3.63) is 24.3 Å². The fraction of sp³-hybridized carbons (Fsp3) is 0.556. The number of likely N-dealkylation sites (N-methyl/N-ethyl adjacent to an activating group) is 1. The minimum Gasteiger partial charge on any atom is -0.355 e. The van der Waals surface area contributed by atoms with Crippen LogP contribution < -0.4 is 10.2 Å². The molecule has 7 heteroatoms. The molecule has 0 radical (unpaired) electrons. The first-order valence-electron chi connectivity index (χ1n) is 8.91. The van der Waals surface area contributed by atoms with Crippen molar-refractivity contribution >= 4 is 29.3 Å². The molecule has 2 aliphatic heterocycles. The highest BCUT2D eigenvalue weighted by atomic mass is 32.2. The summed E-state index contributed by atoms with van der Waals surface area (Å²) in [5.41, 5.74) is 1.04. The maximum absolute atomic E-state index is 12.8. The van der Waals surface area contributed by atoms with Gasteiger partial charge < -0.3 is 10.2 Å². The number of anilines is 1. The largest absolute Gasteiger partial charge is 0.355 e. The zero-order valence-electron chi connectivity index (χ0n) is 14.7. The number of rotatable bonds is 5. The Morgan fingerprint density at radius 1 is 1.04 bits per heavy atom. The highest BCUT2D eigenvalue weighted by Gasteiger charge is 2.26. The lowest BCUT2D eigenvalue weighted by Crippen LogP contribution is -2.52. The Balaban J connectivity index is 1.50. The number of benzene rings is 1. The van der Waals surface area contributed by atoms with Gasteiger partial charge in [0.2, 0.25) is 11.8 Å². The molecule has 2 amide bonds. The average molecular weight is 362 g/mol. The second kappa shape index (κ2) is 8.69. The average Bonchev–Trinajstić information content (AvgIpc) is 2.63. The maximum Gasteiger partial charge on any atom is 0.241 e. The molecule has 6 nitrogen and oxygen atoms in total. The van der Waals surface area contributed by atoms with Gasteiger partial charge in [-0.25, -0.2) is 0 Å². The first-order chi connectivity index (χ1) is 12.2. The first-order valence-corrected chi connectivity index (χ1v) is 9.89. The zero-order valence-corrected chi connectivity index (χ0v) is 15.6. The van der Waals surface area contributed by atoms with Crippen LogP contribution >= 0.6 is 11.8 Å². The van der Waals surface area contributed by atoms with E-state index < -0.39 is 0 Å². The highest BCUT2D eigenvalue weighted by molar-refractivity contribution is 7.99. The van der Waals surface area contributed by atoms with Gasteiger partial charge in [0.15, 0.2) is 0 Å². The van der Waals surface area contributed by atoms with Crippen molar-refractivity contribution < 1.29 is 9.59 Å². The molecule has 25 heavy (non-hydrogen) atoms. The van der Waals surface area contributed by atoms with E-state index in [4.69, 9.17) is 0 Å². The summed E-state index contributed by atoms with van der Waals surface area (Å²) in [4.78, 5) is 31.9. The van der Waals surface area contributed by atoms with Gasteiger partial charge in [0.05, 0.1) is 18.8 Å². The monoisotopic (exact) mass is 362 g/mol. The van der Waals surface area contributed by atoms with Crippen molar-refractivity contribution in [2.24, 2.45) is 0 Å². The molecule has 1 aromatic rings. The van der Waals surface area contributed by atoms with E-state index in [0.29, 0.717) is 19.6 Å². The lowest BCUT2D eigenvalue weighted by molar-refractivity contribution is -0.123. The number of nitrogens with zero attached hydrogens (tertiary/aromatic N) is 3. The summed E-state index contributed by atoms with van der Waals surface area (Å²) in [6, 6.07) is 8.13. The first kappa shape index (κ1) is 18.2. The van der Waals surface area contributed by atoms with E-state index in [9.17, 15) is 9.59 Å². The van der Waals surface area contributed by atoms with Crippen LogP contribution in [-0.4, -0.2) is 79.7 Å². The topological polar surface area (TPSA) is 55.9 Å². The Bertz CT molecular complexity index is 617. The van der Waals surface area contributed by atoms with Gasteiger partial charge in [0.25, 0.3) is 0 Å². The summed E-state index contributed by atoms with van der Waals surface area (Å²) in [6.45, 7) is 7.60. The number of piperazine rings is 1. The van der Waals surface area contributed by atoms with Crippen LogP contribution in [0.25, 0.3) is 0 Å². The molecule has 0 aliphatic carbocycles. The van der Waals surface area contributed by atoms with E-state index in [1.54, 1.807) is 0 Å². The number of carbonyl (C=O) groups is 2. The van der Waals surface area contributed by atoms with Crippen molar-refractivity contribution in [1.29, 1.82) is 0 Å². The normalized spacial score (nSPS) is 18.7. The molecule has 0 aromatic heterocycles. The SMILES string of the molecule is CCNC(=O)CN1CCN(CC(=O)N2CCSc3ccccc32)CC1. The molecular formula is C18H26N4O2S. The van der Waals surface area contributed by atoms with Crippen LogP contribution in [0.2, 0.25) is 0 Å². The van der Waals surface area contributed by atoms with Crippen LogP contribution in [0, 0.1) is 0 Å². The lowest BCUT2D eigenvalue weighted by atomic mass is 10.2. The molecule has 1 saturated heterocycles. The van der Waals surface area contributed by atoms with Crippen LogP contribution in [0.5, 0.6) is 0 Å². The smallest absolute Gasteiger partial charge is 0.241 e. The number of hydrogen-bond donors (Lipinski definition) is 1. The Kier molecular flexibility index (Phi) is 6.34. The molecule has 1 aromatic carbocycles. The minimum absolute atomic E-state index is 0.0782. The summed E-state index contributed by atoms with van der Waals surface area (Å²) < 4.78 is 0. The lowest BCUT2D eigenvalue weighted by Gasteiger charge is -2.36. The maximum atomic E-state index is 12.8. The number of amides is 2. The molecule has 136 valence electrons. The van der Waals surface area contributed by atoms with E-state index in [2.05, 4.69) is 21.2 Å². The van der Waals surface area contributed by atoms with Gasteiger partial charge in [-0.15, -0.1) is 11.8 Å². The fourth-order valence-corrected chi connectivity index (χ4v) is 4.26. The number of nitrogens with one attached hydrogen (secondary N) is 1. The molecule has 2 heterocycles. The van der Waals surface area contributed by atoms with Gasteiger partial charge in [0.1, 0.15) is 0 Å². The van der Waals surface area contributed by atoms with Crippen LogP contribution in [-0.2, 0) is 9.59 Å². The third-order valence-electron chi connectivity index (χ3n) is 4.59. The predicted molar refractivity (Wildman–Crippen MR) is 101 cm³/mol. The number of thioether (sulfide) groups is 1. The molecule has 2 aliphatic rings. The van der Waals surface area contributed by atoms with E-state index in [-0.39, 0.29) is 11.8 Å². The van der Waals surface area contributed by atoms with Gasteiger partial charge >= 0.3 is 0 Å². The van der Waals surface area contributed by atoms with E-state index in [1.807, 2.05) is 41.8 Å². The molecule has 1 N–H and O–H groups in total. The number of hydrogen-bond acceptors (Lipinski definition) is 5. The predicted octanol–water partition coefficient (Wildman–Crippen LogP) is 0.879. The van der Waals surface area contributed by atoms with Gasteiger partial charge in [0, 0.05) is 49.9 Å². The summed E-state index contributed by atoms with van der Waals surface area (Å²) >= 11 is 1.81. The van der Waals surface area contributed by atoms with Gasteiger partial charge in [-0.05, 0) is 19.1 Å². The Hall–Kier alpha value is -1.57. The second-order valence-corrected chi connectivity index (χ2v) is 7.50. The summed E-state index contributed by atoms with van der Waals surface area (Å²) in [7, 11) is 0. The molecule has 0 bridgehead atoms. The summed E-state index contributed by atoms with van der Waals surface area (Å²) in [6.07, 6.45) is 0. The fourth-order valence-electron chi connectivity index (χ4n) is 3.27. The number of carbonyl (C=O) groups excluding carboxylic acids is 2. The van der Waals surface area contributed by atoms with Gasteiger partial charge in [-0.1, -0.05) is 12.1 Å². The van der Waals surface area contributed by atoms with Crippen molar-refractivity contribution in [3.63, 3.8) is 0 Å². The summed E-state index contributed by atoms with van der Waals surface area (Å²) in [5, 5.41) is 2.83. The highest BCUT2D eigenvalue weighted by Crippen LogP contribution is 2.34. The Labute approximate surface area is 153 Å². The molecular weight excluding hydrogens is 336 g/mol. The van der Waals surface area contributed by atoms with Gasteiger partial charge in [-0.2, -0.15) is 0 Å². The van der Waals surface area contributed by atoms with Crippen LogP contribution in [0.15, 0.2) is 29.2 Å².